The summed E-state index contributed by atoms with van der Waals surface area (Å²) in [4.78, 5) is 3.66. The average Bonchev–Trinajstić information content (AvgIpc) is 2.42. The van der Waals surface area contributed by atoms with E-state index >= 15 is 0 Å². The molecular formula is C17H21FN2. The van der Waals surface area contributed by atoms with Gasteiger partial charge in [0.15, 0.2) is 0 Å². The molecular weight excluding hydrogens is 251 g/mol. The van der Waals surface area contributed by atoms with Crippen molar-refractivity contribution in [2.24, 2.45) is 0 Å². The van der Waals surface area contributed by atoms with E-state index < -0.39 is 5.95 Å². The number of anilines is 1. The second-order valence-electron chi connectivity index (χ2n) is 5.87. The lowest BCUT2D eigenvalue weighted by Gasteiger charge is -2.29. The van der Waals surface area contributed by atoms with Crippen molar-refractivity contribution in [3.05, 3.63) is 60.2 Å². The molecule has 1 atom stereocenters. The van der Waals surface area contributed by atoms with Crippen molar-refractivity contribution in [2.45, 2.75) is 38.6 Å². The number of aromatic nitrogens is 1. The first-order valence-corrected chi connectivity index (χ1v) is 6.91. The molecule has 0 aliphatic rings. The van der Waals surface area contributed by atoms with Crippen molar-refractivity contribution in [3.8, 4) is 0 Å². The lowest BCUT2D eigenvalue weighted by molar-refractivity contribution is 0.450. The van der Waals surface area contributed by atoms with Crippen LogP contribution in [0.2, 0.25) is 0 Å². The van der Waals surface area contributed by atoms with Crippen LogP contribution in [0.3, 0.4) is 0 Å². The van der Waals surface area contributed by atoms with Crippen LogP contribution < -0.4 is 5.32 Å². The first-order valence-electron chi connectivity index (χ1n) is 6.91. The van der Waals surface area contributed by atoms with E-state index in [9.17, 15) is 4.39 Å². The van der Waals surface area contributed by atoms with Gasteiger partial charge in [0.25, 0.3) is 0 Å². The van der Waals surface area contributed by atoms with Crippen LogP contribution in [-0.4, -0.2) is 11.0 Å². The van der Waals surface area contributed by atoms with Gasteiger partial charge in [0.05, 0.1) is 11.9 Å². The number of nitrogens with zero attached hydrogens (tertiary/aromatic N) is 1. The normalized spacial score (nSPS) is 13.0. The molecule has 2 aromatic rings. The maximum Gasteiger partial charge on any atom is 0.212 e. The van der Waals surface area contributed by atoms with E-state index in [1.807, 2.05) is 6.07 Å². The largest absolute Gasteiger partial charge is 0.381 e. The quantitative estimate of drug-likeness (QED) is 0.817. The Morgan fingerprint density at radius 2 is 1.85 bits per heavy atom. The molecule has 20 heavy (non-hydrogen) atoms. The molecule has 3 heteroatoms. The van der Waals surface area contributed by atoms with Gasteiger partial charge < -0.3 is 5.32 Å². The van der Waals surface area contributed by atoms with E-state index in [0.29, 0.717) is 0 Å². The summed E-state index contributed by atoms with van der Waals surface area (Å²) < 4.78 is 12.8. The van der Waals surface area contributed by atoms with Crippen molar-refractivity contribution in [3.63, 3.8) is 0 Å². The molecule has 0 spiro atoms. The maximum absolute atomic E-state index is 12.8. The van der Waals surface area contributed by atoms with Crippen LogP contribution in [0.15, 0.2) is 48.7 Å². The number of pyridine rings is 1. The number of benzene rings is 1. The van der Waals surface area contributed by atoms with Crippen molar-refractivity contribution < 1.29 is 4.39 Å². The highest BCUT2D eigenvalue weighted by Gasteiger charge is 2.23. The molecule has 1 heterocycles. The number of hydrogen-bond donors (Lipinski definition) is 1. The molecule has 1 N–H and O–H groups in total. The lowest BCUT2D eigenvalue weighted by atomic mass is 9.79. The van der Waals surface area contributed by atoms with Gasteiger partial charge in [-0.3, -0.25) is 0 Å². The van der Waals surface area contributed by atoms with Crippen LogP contribution in [0.25, 0.3) is 0 Å². The molecule has 0 aliphatic heterocycles. The molecule has 0 amide bonds. The molecule has 2 nitrogen and oxygen atoms in total. The molecule has 106 valence electrons. The summed E-state index contributed by atoms with van der Waals surface area (Å²) in [6, 6.07) is 13.9. The van der Waals surface area contributed by atoms with Crippen LogP contribution in [0.1, 0.15) is 32.8 Å². The Morgan fingerprint density at radius 3 is 2.45 bits per heavy atom. The summed E-state index contributed by atoms with van der Waals surface area (Å²) in [6.45, 7) is 6.61. The third kappa shape index (κ3) is 3.80. The lowest BCUT2D eigenvalue weighted by Crippen LogP contribution is -2.27. The molecule has 0 fully saturated rings. The standard InChI is InChI=1S/C17H21FN2/c1-13(20-15-9-10-16(18)19-12-15)11-17(2,3)14-7-5-4-6-8-14/h4-10,12-13,20H,11H2,1-3H3. The highest BCUT2D eigenvalue weighted by Crippen LogP contribution is 2.29. The van der Waals surface area contributed by atoms with Gasteiger partial charge in [-0.25, -0.2) is 4.98 Å². The Kier molecular flexibility index (Phi) is 4.38. The van der Waals surface area contributed by atoms with E-state index in [-0.39, 0.29) is 11.5 Å². The molecule has 0 saturated carbocycles. The van der Waals surface area contributed by atoms with Gasteiger partial charge in [-0.05, 0) is 36.5 Å². The zero-order valence-corrected chi connectivity index (χ0v) is 12.2. The second-order valence-corrected chi connectivity index (χ2v) is 5.87. The minimum absolute atomic E-state index is 0.0845. The molecule has 0 aliphatic carbocycles. The predicted molar refractivity (Wildman–Crippen MR) is 81.4 cm³/mol. The molecule has 2 rings (SSSR count). The van der Waals surface area contributed by atoms with Crippen molar-refractivity contribution in [1.29, 1.82) is 0 Å². The highest BCUT2D eigenvalue weighted by atomic mass is 19.1. The first kappa shape index (κ1) is 14.5. The third-order valence-corrected chi connectivity index (χ3v) is 3.51. The average molecular weight is 272 g/mol. The SMILES string of the molecule is CC(CC(C)(C)c1ccccc1)Nc1ccc(F)nc1. The summed E-state index contributed by atoms with van der Waals surface area (Å²) >= 11 is 0. The Morgan fingerprint density at radius 1 is 1.15 bits per heavy atom. The number of nitrogens with one attached hydrogen (secondary N) is 1. The van der Waals surface area contributed by atoms with Crippen molar-refractivity contribution in [2.75, 3.05) is 5.32 Å². The van der Waals surface area contributed by atoms with Gasteiger partial charge >= 0.3 is 0 Å². The monoisotopic (exact) mass is 272 g/mol. The Balaban J connectivity index is 2.00. The number of rotatable bonds is 5. The van der Waals surface area contributed by atoms with Gasteiger partial charge in [-0.2, -0.15) is 4.39 Å². The molecule has 0 bridgehead atoms. The maximum atomic E-state index is 12.8. The van der Waals surface area contributed by atoms with Gasteiger partial charge in [0.2, 0.25) is 5.95 Å². The van der Waals surface area contributed by atoms with Crippen molar-refractivity contribution >= 4 is 5.69 Å². The fourth-order valence-corrected chi connectivity index (χ4v) is 2.57. The minimum Gasteiger partial charge on any atom is -0.381 e. The van der Waals surface area contributed by atoms with E-state index in [4.69, 9.17) is 0 Å². The van der Waals surface area contributed by atoms with E-state index in [1.165, 1.54) is 17.8 Å². The molecule has 1 unspecified atom stereocenters. The summed E-state index contributed by atoms with van der Waals surface area (Å²) in [6.07, 6.45) is 2.51. The Labute approximate surface area is 120 Å². The van der Waals surface area contributed by atoms with Crippen LogP contribution in [0, 0.1) is 5.95 Å². The molecule has 0 radical (unpaired) electrons. The summed E-state index contributed by atoms with van der Waals surface area (Å²) in [5.74, 6) is -0.451. The zero-order chi connectivity index (χ0) is 14.6. The van der Waals surface area contributed by atoms with Crippen LogP contribution in [0.5, 0.6) is 0 Å². The fourth-order valence-electron chi connectivity index (χ4n) is 2.57. The third-order valence-electron chi connectivity index (χ3n) is 3.51. The topological polar surface area (TPSA) is 24.9 Å². The van der Waals surface area contributed by atoms with Crippen LogP contribution in [-0.2, 0) is 5.41 Å². The Hall–Kier alpha value is -1.90. The molecule has 0 saturated heterocycles. The molecule has 1 aromatic heterocycles. The fraction of sp³-hybridized carbons (Fsp3) is 0.353. The second kappa shape index (κ2) is 6.04. The number of halogens is 1. The van der Waals surface area contributed by atoms with E-state index in [2.05, 4.69) is 55.3 Å². The summed E-state index contributed by atoms with van der Waals surface area (Å²) in [5, 5.41) is 3.37. The van der Waals surface area contributed by atoms with Crippen molar-refractivity contribution in [1.82, 2.24) is 4.98 Å². The highest BCUT2D eigenvalue weighted by molar-refractivity contribution is 5.41. The van der Waals surface area contributed by atoms with Crippen LogP contribution >= 0.6 is 0 Å². The minimum atomic E-state index is -0.451. The van der Waals surface area contributed by atoms with E-state index in [0.717, 1.165) is 12.1 Å². The smallest absolute Gasteiger partial charge is 0.212 e. The van der Waals surface area contributed by atoms with Gasteiger partial charge in [0, 0.05) is 6.04 Å². The van der Waals surface area contributed by atoms with Gasteiger partial charge in [-0.1, -0.05) is 44.2 Å². The Bertz CT molecular complexity index is 535. The zero-order valence-electron chi connectivity index (χ0n) is 12.2. The molecule has 1 aromatic carbocycles. The van der Waals surface area contributed by atoms with Gasteiger partial charge in [0.1, 0.15) is 0 Å². The van der Waals surface area contributed by atoms with Crippen LogP contribution in [0.4, 0.5) is 10.1 Å². The predicted octanol–water partition coefficient (Wildman–Crippen LogP) is 4.39. The first-order chi connectivity index (χ1) is 9.47. The summed E-state index contributed by atoms with van der Waals surface area (Å²) in [7, 11) is 0. The number of hydrogen-bond acceptors (Lipinski definition) is 2. The van der Waals surface area contributed by atoms with E-state index in [1.54, 1.807) is 6.07 Å². The van der Waals surface area contributed by atoms with Gasteiger partial charge in [-0.15, -0.1) is 0 Å². The summed E-state index contributed by atoms with van der Waals surface area (Å²) in [5.41, 5.74) is 2.26.